The lowest BCUT2D eigenvalue weighted by molar-refractivity contribution is 0.105. The van der Waals surface area contributed by atoms with Crippen molar-refractivity contribution in [3.63, 3.8) is 0 Å². The fraction of sp³-hybridized carbons (Fsp3) is 0.500. The van der Waals surface area contributed by atoms with Crippen LogP contribution in [0.3, 0.4) is 0 Å². The smallest absolute Gasteiger partial charge is 0.409 e. The van der Waals surface area contributed by atoms with E-state index in [-0.39, 0.29) is 6.09 Å². The first-order valence-electron chi connectivity index (χ1n) is 9.69. The Morgan fingerprint density at radius 1 is 1.18 bits per heavy atom. The highest BCUT2D eigenvalue weighted by atomic mass is 16.6. The molecule has 8 heteroatoms. The van der Waals surface area contributed by atoms with Crippen molar-refractivity contribution in [3.8, 4) is 0 Å². The van der Waals surface area contributed by atoms with Crippen molar-refractivity contribution in [1.82, 2.24) is 19.9 Å². The standard InChI is InChI=1S/C20H28N6O2/c1-4-28-20(27)26-13-11-25(12-14-26)18-15-16(2)22-19(23-18)24(3)10-7-17-5-8-21-9-6-17/h5-6,8-9,15H,4,7,10-14H2,1-3H3. The average Bonchev–Trinajstić information content (AvgIpc) is 2.72. The van der Waals surface area contributed by atoms with Crippen LogP contribution in [0, 0.1) is 6.92 Å². The Balaban J connectivity index is 1.62. The SMILES string of the molecule is CCOC(=O)N1CCN(c2cc(C)nc(N(C)CCc3ccncc3)n2)CC1. The van der Waals surface area contributed by atoms with Crippen molar-refractivity contribution in [3.05, 3.63) is 41.9 Å². The number of nitrogens with zero attached hydrogens (tertiary/aromatic N) is 6. The minimum absolute atomic E-state index is 0.238. The number of aromatic nitrogens is 3. The Labute approximate surface area is 166 Å². The minimum atomic E-state index is -0.238. The molecule has 1 aliphatic rings. The van der Waals surface area contributed by atoms with Gasteiger partial charge in [-0.15, -0.1) is 0 Å². The molecule has 150 valence electrons. The molecule has 0 atom stereocenters. The first-order chi connectivity index (χ1) is 13.6. The third-order valence-electron chi connectivity index (χ3n) is 4.79. The van der Waals surface area contributed by atoms with Gasteiger partial charge in [-0.2, -0.15) is 4.98 Å². The van der Waals surface area contributed by atoms with Gasteiger partial charge in [-0.1, -0.05) is 0 Å². The zero-order chi connectivity index (χ0) is 19.9. The maximum Gasteiger partial charge on any atom is 0.409 e. The van der Waals surface area contributed by atoms with E-state index in [1.165, 1.54) is 5.56 Å². The number of aryl methyl sites for hydroxylation is 1. The second kappa shape index (κ2) is 9.34. The number of carbonyl (C=O) groups is 1. The minimum Gasteiger partial charge on any atom is -0.450 e. The quantitative estimate of drug-likeness (QED) is 0.755. The number of carbonyl (C=O) groups excluding carboxylic acids is 1. The lowest BCUT2D eigenvalue weighted by atomic mass is 10.2. The predicted molar refractivity (Wildman–Crippen MR) is 109 cm³/mol. The van der Waals surface area contributed by atoms with Crippen molar-refractivity contribution < 1.29 is 9.53 Å². The molecule has 1 saturated heterocycles. The van der Waals surface area contributed by atoms with Crippen LogP contribution in [0.5, 0.6) is 0 Å². The fourth-order valence-corrected chi connectivity index (χ4v) is 3.15. The monoisotopic (exact) mass is 384 g/mol. The van der Waals surface area contributed by atoms with Crippen LogP contribution in [0.4, 0.5) is 16.6 Å². The second-order valence-electron chi connectivity index (χ2n) is 6.87. The maximum absolute atomic E-state index is 11.9. The Hall–Kier alpha value is -2.90. The second-order valence-corrected chi connectivity index (χ2v) is 6.87. The Morgan fingerprint density at radius 3 is 2.57 bits per heavy atom. The van der Waals surface area contributed by atoms with E-state index >= 15 is 0 Å². The van der Waals surface area contributed by atoms with E-state index in [9.17, 15) is 4.79 Å². The van der Waals surface area contributed by atoms with Crippen LogP contribution in [-0.2, 0) is 11.2 Å². The van der Waals surface area contributed by atoms with E-state index in [4.69, 9.17) is 9.72 Å². The summed E-state index contributed by atoms with van der Waals surface area (Å²) >= 11 is 0. The number of hydrogen-bond acceptors (Lipinski definition) is 7. The largest absolute Gasteiger partial charge is 0.450 e. The van der Waals surface area contributed by atoms with Gasteiger partial charge >= 0.3 is 6.09 Å². The molecule has 3 rings (SSSR count). The summed E-state index contributed by atoms with van der Waals surface area (Å²) in [5.74, 6) is 1.62. The number of hydrogen-bond donors (Lipinski definition) is 0. The molecule has 0 aromatic carbocycles. The molecule has 0 radical (unpaired) electrons. The maximum atomic E-state index is 11.9. The third-order valence-corrected chi connectivity index (χ3v) is 4.79. The molecular formula is C20H28N6O2. The van der Waals surface area contributed by atoms with Gasteiger partial charge in [-0.05, 0) is 38.0 Å². The predicted octanol–water partition coefficient (Wildman–Crippen LogP) is 2.14. The number of rotatable bonds is 6. The van der Waals surface area contributed by atoms with Gasteiger partial charge in [0.1, 0.15) is 5.82 Å². The van der Waals surface area contributed by atoms with Crippen LogP contribution in [0.1, 0.15) is 18.2 Å². The summed E-state index contributed by atoms with van der Waals surface area (Å²) in [7, 11) is 2.01. The van der Waals surface area contributed by atoms with Crippen molar-refractivity contribution in [2.75, 3.05) is 56.2 Å². The van der Waals surface area contributed by atoms with E-state index in [1.807, 2.05) is 51.5 Å². The first kappa shape index (κ1) is 19.9. The number of piperazine rings is 1. The summed E-state index contributed by atoms with van der Waals surface area (Å²) in [5.41, 5.74) is 2.17. The molecule has 0 aliphatic carbocycles. The summed E-state index contributed by atoms with van der Waals surface area (Å²) in [6.07, 6.45) is 4.29. The Bertz CT molecular complexity index is 778. The van der Waals surface area contributed by atoms with Gasteiger partial charge in [0.05, 0.1) is 6.61 Å². The average molecular weight is 384 g/mol. The molecule has 2 aromatic rings. The van der Waals surface area contributed by atoms with Crippen LogP contribution >= 0.6 is 0 Å². The van der Waals surface area contributed by atoms with Gasteiger partial charge in [0.25, 0.3) is 0 Å². The zero-order valence-electron chi connectivity index (χ0n) is 16.8. The molecule has 28 heavy (non-hydrogen) atoms. The highest BCUT2D eigenvalue weighted by Gasteiger charge is 2.23. The molecule has 3 heterocycles. The molecule has 0 bridgehead atoms. The van der Waals surface area contributed by atoms with E-state index in [0.29, 0.717) is 19.7 Å². The van der Waals surface area contributed by atoms with Crippen LogP contribution < -0.4 is 9.80 Å². The molecule has 1 fully saturated rings. The lowest BCUT2D eigenvalue weighted by Crippen LogP contribution is -2.49. The van der Waals surface area contributed by atoms with E-state index in [0.717, 1.165) is 43.5 Å². The van der Waals surface area contributed by atoms with E-state index in [1.54, 1.807) is 4.90 Å². The normalized spacial score (nSPS) is 14.1. The topological polar surface area (TPSA) is 74.7 Å². The van der Waals surface area contributed by atoms with E-state index < -0.39 is 0 Å². The number of amides is 1. The molecule has 0 unspecified atom stereocenters. The molecule has 1 amide bonds. The summed E-state index contributed by atoms with van der Waals surface area (Å²) in [6.45, 7) is 7.77. The van der Waals surface area contributed by atoms with Gasteiger partial charge in [0.15, 0.2) is 0 Å². The van der Waals surface area contributed by atoms with Crippen molar-refractivity contribution in [1.29, 1.82) is 0 Å². The van der Waals surface area contributed by atoms with Crippen LogP contribution in [0.15, 0.2) is 30.6 Å². The van der Waals surface area contributed by atoms with Gasteiger partial charge < -0.3 is 19.4 Å². The first-order valence-corrected chi connectivity index (χ1v) is 9.69. The van der Waals surface area contributed by atoms with Crippen LogP contribution in [0.2, 0.25) is 0 Å². The van der Waals surface area contributed by atoms with Gasteiger partial charge in [0.2, 0.25) is 5.95 Å². The number of pyridine rings is 1. The van der Waals surface area contributed by atoms with Gasteiger partial charge in [-0.3, -0.25) is 4.98 Å². The summed E-state index contributed by atoms with van der Waals surface area (Å²) in [4.78, 5) is 31.3. The summed E-state index contributed by atoms with van der Waals surface area (Å²) in [6, 6.07) is 6.05. The Kier molecular flexibility index (Phi) is 6.62. The number of anilines is 2. The number of likely N-dealkylation sites (N-methyl/N-ethyl adjacent to an activating group) is 1. The molecule has 0 N–H and O–H groups in total. The van der Waals surface area contributed by atoms with Crippen molar-refractivity contribution in [2.24, 2.45) is 0 Å². The van der Waals surface area contributed by atoms with Crippen LogP contribution in [-0.4, -0.2) is 72.3 Å². The highest BCUT2D eigenvalue weighted by molar-refractivity contribution is 5.68. The summed E-state index contributed by atoms with van der Waals surface area (Å²) < 4.78 is 5.09. The summed E-state index contributed by atoms with van der Waals surface area (Å²) in [5, 5.41) is 0. The molecule has 0 saturated carbocycles. The number of ether oxygens (including phenoxy) is 1. The Morgan fingerprint density at radius 2 is 1.89 bits per heavy atom. The third kappa shape index (κ3) is 5.09. The molecule has 0 spiro atoms. The fourth-order valence-electron chi connectivity index (χ4n) is 3.15. The van der Waals surface area contributed by atoms with Crippen molar-refractivity contribution >= 4 is 17.9 Å². The van der Waals surface area contributed by atoms with Gasteiger partial charge in [0, 0.05) is 63.9 Å². The molecule has 2 aromatic heterocycles. The lowest BCUT2D eigenvalue weighted by Gasteiger charge is -2.35. The molecular weight excluding hydrogens is 356 g/mol. The molecule has 1 aliphatic heterocycles. The van der Waals surface area contributed by atoms with E-state index in [2.05, 4.69) is 19.8 Å². The zero-order valence-corrected chi connectivity index (χ0v) is 16.8. The van der Waals surface area contributed by atoms with Gasteiger partial charge in [-0.25, -0.2) is 9.78 Å². The van der Waals surface area contributed by atoms with Crippen LogP contribution in [0.25, 0.3) is 0 Å². The molecule has 8 nitrogen and oxygen atoms in total. The van der Waals surface area contributed by atoms with Crippen molar-refractivity contribution in [2.45, 2.75) is 20.3 Å². The highest BCUT2D eigenvalue weighted by Crippen LogP contribution is 2.19.